The maximum absolute atomic E-state index is 12.3. The second kappa shape index (κ2) is 10.1. The lowest BCUT2D eigenvalue weighted by atomic mass is 10.1. The monoisotopic (exact) mass is 434 g/mol. The summed E-state index contributed by atoms with van der Waals surface area (Å²) in [7, 11) is -4.23. The number of aromatic nitrogens is 2. The lowest BCUT2D eigenvalue weighted by Crippen LogP contribution is -2.40. The maximum Gasteiger partial charge on any atom is 0.472 e. The van der Waals surface area contributed by atoms with Crippen molar-refractivity contribution in [2.75, 3.05) is 12.3 Å². The van der Waals surface area contributed by atoms with Crippen LogP contribution in [0.4, 0.5) is 5.82 Å². The fourth-order valence-corrected chi connectivity index (χ4v) is 4.52. The van der Waals surface area contributed by atoms with E-state index in [1.807, 2.05) is 0 Å². The van der Waals surface area contributed by atoms with Crippen LogP contribution in [0.1, 0.15) is 57.2 Å². The summed E-state index contributed by atoms with van der Waals surface area (Å²) in [6, 6.07) is 0. The highest BCUT2D eigenvalue weighted by Gasteiger charge is 2.52. The first kappa shape index (κ1) is 23.9. The summed E-state index contributed by atoms with van der Waals surface area (Å²) in [5.41, 5.74) is 5.93. The van der Waals surface area contributed by atoms with Gasteiger partial charge in [-0.3, -0.25) is 13.6 Å². The highest BCUT2D eigenvalue weighted by molar-refractivity contribution is 7.47. The molecule has 2 fully saturated rings. The third-order valence-corrected chi connectivity index (χ3v) is 6.09. The van der Waals surface area contributed by atoms with Crippen molar-refractivity contribution in [2.24, 2.45) is 0 Å². The van der Waals surface area contributed by atoms with Gasteiger partial charge in [0.15, 0.2) is 6.23 Å². The van der Waals surface area contributed by atoms with Crippen molar-refractivity contribution in [1.82, 2.24) is 15.7 Å². The summed E-state index contributed by atoms with van der Waals surface area (Å²) in [6.45, 7) is 1.95. The van der Waals surface area contributed by atoms with Gasteiger partial charge in [-0.2, -0.15) is 4.98 Å². The molecule has 1 aromatic rings. The molecule has 12 heteroatoms. The summed E-state index contributed by atoms with van der Waals surface area (Å²) in [5, 5.41) is 10.5. The molecule has 29 heavy (non-hydrogen) atoms. The van der Waals surface area contributed by atoms with Crippen LogP contribution < -0.4 is 17.6 Å². The smallest absolute Gasteiger partial charge is 0.386 e. The van der Waals surface area contributed by atoms with Crippen LogP contribution in [-0.2, 0) is 24.8 Å². The molecule has 0 spiro atoms. The largest absolute Gasteiger partial charge is 0.472 e. The van der Waals surface area contributed by atoms with Crippen molar-refractivity contribution in [1.29, 1.82) is 0 Å². The minimum Gasteiger partial charge on any atom is -0.386 e. The van der Waals surface area contributed by atoms with E-state index in [9.17, 15) is 19.4 Å². The van der Waals surface area contributed by atoms with Gasteiger partial charge in [0.2, 0.25) is 0 Å². The van der Waals surface area contributed by atoms with Crippen LogP contribution in [-0.4, -0.2) is 44.5 Å². The number of aliphatic hydroxyl groups is 1. The molecule has 7 N–H and O–H groups in total. The number of fused-ring (bicyclic) bond motifs is 1. The average molecular weight is 434 g/mol. The van der Waals surface area contributed by atoms with Gasteiger partial charge in [0.1, 0.15) is 24.1 Å². The lowest BCUT2D eigenvalue weighted by Gasteiger charge is -2.27. The average Bonchev–Trinajstić information content (AvgIpc) is 2.95. The predicted octanol–water partition coefficient (Wildman–Crippen LogP) is 1.66. The molecular formula is C17H31N4O7P. The van der Waals surface area contributed by atoms with Crippen LogP contribution in [0.25, 0.3) is 0 Å². The topological polar surface area (TPSA) is 181 Å². The fourth-order valence-electron chi connectivity index (χ4n) is 3.56. The molecule has 2 aliphatic rings. The van der Waals surface area contributed by atoms with Crippen LogP contribution >= 0.6 is 7.82 Å². The van der Waals surface area contributed by atoms with Crippen molar-refractivity contribution < 1.29 is 28.3 Å². The van der Waals surface area contributed by atoms with E-state index in [0.29, 0.717) is 12.0 Å². The van der Waals surface area contributed by atoms with Crippen LogP contribution in [0.2, 0.25) is 0 Å². The summed E-state index contributed by atoms with van der Waals surface area (Å²) in [4.78, 5) is 25.6. The van der Waals surface area contributed by atoms with E-state index in [2.05, 4.69) is 11.9 Å². The van der Waals surface area contributed by atoms with Gasteiger partial charge < -0.3 is 26.6 Å². The van der Waals surface area contributed by atoms with Crippen LogP contribution in [0.3, 0.4) is 0 Å². The number of unbranched alkanes of at least 4 members (excludes halogenated alkanes) is 5. The number of hydrogen-bond donors (Lipinski definition) is 4. The van der Waals surface area contributed by atoms with E-state index in [4.69, 9.17) is 19.5 Å². The molecule has 1 aromatic heterocycles. The molecule has 0 aliphatic carbocycles. The summed E-state index contributed by atoms with van der Waals surface area (Å²) < 4.78 is 28.0. The number of nitrogens with zero attached hydrogens (tertiary/aromatic N) is 2. The van der Waals surface area contributed by atoms with Gasteiger partial charge in [0.05, 0.1) is 6.61 Å². The maximum atomic E-state index is 12.3. The Bertz CT molecular complexity index is 790. The van der Waals surface area contributed by atoms with Gasteiger partial charge in [-0.05, 0) is 12.8 Å². The van der Waals surface area contributed by atoms with Crippen molar-refractivity contribution in [3.8, 4) is 0 Å². The Labute approximate surface area is 169 Å². The summed E-state index contributed by atoms with van der Waals surface area (Å²) in [6.07, 6.45) is 4.68. The highest BCUT2D eigenvalue weighted by atomic mass is 31.2. The lowest BCUT2D eigenvalue weighted by molar-refractivity contribution is -0.0685. The molecule has 2 aliphatic heterocycles. The number of ether oxygens (including phenoxy) is 1. The van der Waals surface area contributed by atoms with Crippen molar-refractivity contribution in [3.63, 3.8) is 0 Å². The number of hydrogen-bond acceptors (Lipinski definition) is 9. The standard InChI is InChI=1S/C17H28N3O7P.H3N/c1-2-3-4-5-6-7-8-11-9-20(17(22)19-15(11)18)16-13(21)14-12(26-16)10-25-28(23,24)27-14;/h9,12-14,16,21H,2-8,10H2,1H3,(H,23,24)(H2,18,19,22);1H3/t12-,13-,14-,16-;/m1./s1. The zero-order valence-corrected chi connectivity index (χ0v) is 17.5. The Hall–Kier alpha value is -1.33. The second-order valence-electron chi connectivity index (χ2n) is 7.25. The Morgan fingerprint density at radius 3 is 2.72 bits per heavy atom. The predicted molar refractivity (Wildman–Crippen MR) is 106 cm³/mol. The van der Waals surface area contributed by atoms with Crippen LogP contribution in [0.15, 0.2) is 11.0 Å². The number of phosphoric ester groups is 1. The van der Waals surface area contributed by atoms with Gasteiger partial charge >= 0.3 is 13.5 Å². The summed E-state index contributed by atoms with van der Waals surface area (Å²) in [5.74, 6) is 0.166. The van der Waals surface area contributed by atoms with E-state index < -0.39 is 38.1 Å². The minimum absolute atomic E-state index is 0. The number of phosphoric acid groups is 1. The molecule has 0 amide bonds. The molecule has 11 nitrogen and oxygen atoms in total. The number of nitrogen functional groups attached to an aromatic ring is 1. The number of anilines is 1. The SMILES string of the molecule is CCCCCCCCc1cn([C@@H]2O[C@@H]3COP(=O)(O)O[C@H]3[C@H]2O)c(=O)nc1N.N. The van der Waals surface area contributed by atoms with Gasteiger partial charge in [0, 0.05) is 11.8 Å². The third-order valence-electron chi connectivity index (χ3n) is 5.10. The fraction of sp³-hybridized carbons (Fsp3) is 0.765. The molecule has 3 rings (SSSR count). The van der Waals surface area contributed by atoms with E-state index >= 15 is 0 Å². The molecule has 166 valence electrons. The molecule has 5 atom stereocenters. The van der Waals surface area contributed by atoms with Gasteiger partial charge in [-0.25, -0.2) is 9.36 Å². The third kappa shape index (κ3) is 5.64. The van der Waals surface area contributed by atoms with Gasteiger partial charge in [-0.1, -0.05) is 39.0 Å². The van der Waals surface area contributed by atoms with Crippen LogP contribution in [0.5, 0.6) is 0 Å². The molecule has 0 saturated carbocycles. The van der Waals surface area contributed by atoms with Crippen LogP contribution in [0, 0.1) is 0 Å². The molecule has 1 unspecified atom stereocenters. The Morgan fingerprint density at radius 1 is 1.31 bits per heavy atom. The molecule has 3 heterocycles. The van der Waals surface area contributed by atoms with E-state index in [1.165, 1.54) is 19.3 Å². The molecule has 0 radical (unpaired) electrons. The molecule has 2 saturated heterocycles. The van der Waals surface area contributed by atoms with E-state index in [1.54, 1.807) is 6.20 Å². The first-order valence-electron chi connectivity index (χ1n) is 9.69. The minimum atomic E-state index is -4.23. The van der Waals surface area contributed by atoms with Gasteiger partial charge in [0.25, 0.3) is 0 Å². The number of aliphatic hydroxyl groups excluding tert-OH is 1. The first-order chi connectivity index (χ1) is 13.3. The Kier molecular flexibility index (Phi) is 8.36. The highest BCUT2D eigenvalue weighted by Crippen LogP contribution is 2.52. The number of rotatable bonds is 8. The molecule has 0 aromatic carbocycles. The number of aryl methyl sites for hydroxylation is 1. The van der Waals surface area contributed by atoms with Gasteiger partial charge in [-0.15, -0.1) is 0 Å². The van der Waals surface area contributed by atoms with Crippen molar-refractivity contribution in [2.45, 2.75) is 76.4 Å². The zero-order valence-electron chi connectivity index (χ0n) is 16.6. The first-order valence-corrected chi connectivity index (χ1v) is 11.2. The van der Waals surface area contributed by atoms with Crippen molar-refractivity contribution in [3.05, 3.63) is 22.2 Å². The van der Waals surface area contributed by atoms with E-state index in [0.717, 1.165) is 23.8 Å². The Morgan fingerprint density at radius 2 is 2.00 bits per heavy atom. The van der Waals surface area contributed by atoms with Crippen molar-refractivity contribution >= 4 is 13.6 Å². The Balaban J connectivity index is 0.00000300. The number of nitrogens with two attached hydrogens (primary N) is 1. The zero-order chi connectivity index (χ0) is 20.3. The second-order valence-corrected chi connectivity index (χ2v) is 8.66. The normalized spacial score (nSPS) is 31.3. The van der Waals surface area contributed by atoms with E-state index in [-0.39, 0.29) is 18.6 Å². The molecular weight excluding hydrogens is 403 g/mol. The molecule has 0 bridgehead atoms. The quantitative estimate of drug-likeness (QED) is 0.347. The summed E-state index contributed by atoms with van der Waals surface area (Å²) >= 11 is 0.